The van der Waals surface area contributed by atoms with E-state index in [4.69, 9.17) is 0 Å². The molecule has 1 saturated heterocycles. The molecule has 1 aromatic rings. The first-order chi connectivity index (χ1) is 9.63. The number of nitrogens with one attached hydrogen (secondary N) is 2. The summed E-state index contributed by atoms with van der Waals surface area (Å²) in [5, 5.41) is 6.46. The third-order valence-corrected chi connectivity index (χ3v) is 4.24. The zero-order chi connectivity index (χ0) is 14.4. The van der Waals surface area contributed by atoms with Gasteiger partial charge in [0.15, 0.2) is 0 Å². The van der Waals surface area contributed by atoms with Crippen LogP contribution in [-0.2, 0) is 6.42 Å². The van der Waals surface area contributed by atoms with Crippen molar-refractivity contribution in [3.8, 4) is 0 Å². The molecule has 1 heterocycles. The van der Waals surface area contributed by atoms with Gasteiger partial charge in [-0.1, -0.05) is 32.4 Å². The van der Waals surface area contributed by atoms with Crippen LogP contribution in [0.1, 0.15) is 49.0 Å². The summed E-state index contributed by atoms with van der Waals surface area (Å²) in [6.07, 6.45) is 4.47. The average molecular weight is 274 g/mol. The van der Waals surface area contributed by atoms with Gasteiger partial charge in [-0.25, -0.2) is 0 Å². The fourth-order valence-corrected chi connectivity index (χ4v) is 2.71. The van der Waals surface area contributed by atoms with Gasteiger partial charge in [-0.3, -0.25) is 4.79 Å². The van der Waals surface area contributed by atoms with Gasteiger partial charge in [-0.05, 0) is 55.5 Å². The Hall–Kier alpha value is -1.35. The Labute approximate surface area is 122 Å². The zero-order valence-electron chi connectivity index (χ0n) is 12.7. The molecule has 1 fully saturated rings. The number of carbonyl (C=O) groups excluding carboxylic acids is 1. The number of carbonyl (C=O) groups is 1. The van der Waals surface area contributed by atoms with E-state index >= 15 is 0 Å². The minimum atomic E-state index is 0.0489. The summed E-state index contributed by atoms with van der Waals surface area (Å²) in [6, 6.07) is 7.99. The van der Waals surface area contributed by atoms with Crippen molar-refractivity contribution in [3.05, 3.63) is 35.4 Å². The Kier molecular flexibility index (Phi) is 5.18. The van der Waals surface area contributed by atoms with Crippen LogP contribution in [0.3, 0.4) is 0 Å². The van der Waals surface area contributed by atoms with Crippen molar-refractivity contribution in [1.82, 2.24) is 10.6 Å². The van der Waals surface area contributed by atoms with E-state index < -0.39 is 0 Å². The van der Waals surface area contributed by atoms with E-state index in [2.05, 4.69) is 36.6 Å². The molecule has 0 atom stereocenters. The summed E-state index contributed by atoms with van der Waals surface area (Å²) >= 11 is 0. The summed E-state index contributed by atoms with van der Waals surface area (Å²) in [5.41, 5.74) is 2.31. The molecule has 2 N–H and O–H groups in total. The highest BCUT2D eigenvalue weighted by Crippen LogP contribution is 2.26. The molecule has 0 spiro atoms. The van der Waals surface area contributed by atoms with Crippen LogP contribution in [0.2, 0.25) is 0 Å². The number of amides is 1. The number of rotatable bonds is 5. The summed E-state index contributed by atoms with van der Waals surface area (Å²) in [7, 11) is 0. The Bertz CT molecular complexity index is 433. The summed E-state index contributed by atoms with van der Waals surface area (Å²) in [5.74, 6) is 0.0489. The predicted molar refractivity (Wildman–Crippen MR) is 83.0 cm³/mol. The highest BCUT2D eigenvalue weighted by molar-refractivity contribution is 5.94. The standard InChI is InChI=1S/C17H26N2O/c1-3-4-14-5-7-15(8-6-14)16(20)19-13-17(2)9-11-18-12-10-17/h5-8,18H,3-4,9-13H2,1-2H3,(H,19,20). The highest BCUT2D eigenvalue weighted by Gasteiger charge is 2.27. The molecule has 20 heavy (non-hydrogen) atoms. The normalized spacial score (nSPS) is 17.7. The lowest BCUT2D eigenvalue weighted by Crippen LogP contribution is -2.42. The summed E-state index contributed by atoms with van der Waals surface area (Å²) in [6.45, 7) is 7.30. The van der Waals surface area contributed by atoms with Gasteiger partial charge in [-0.15, -0.1) is 0 Å². The molecule has 3 heteroatoms. The Morgan fingerprint density at radius 2 is 1.90 bits per heavy atom. The predicted octanol–water partition coefficient (Wildman–Crippen LogP) is 2.76. The van der Waals surface area contributed by atoms with E-state index in [-0.39, 0.29) is 11.3 Å². The fourth-order valence-electron chi connectivity index (χ4n) is 2.71. The van der Waals surface area contributed by atoms with Crippen molar-refractivity contribution >= 4 is 5.91 Å². The molecule has 110 valence electrons. The molecule has 0 aromatic heterocycles. The second kappa shape index (κ2) is 6.89. The summed E-state index contributed by atoms with van der Waals surface area (Å²) in [4.78, 5) is 12.2. The Morgan fingerprint density at radius 1 is 1.25 bits per heavy atom. The molecule has 1 amide bonds. The molecule has 1 aliphatic heterocycles. The highest BCUT2D eigenvalue weighted by atomic mass is 16.1. The van der Waals surface area contributed by atoms with Gasteiger partial charge in [0.25, 0.3) is 5.91 Å². The Morgan fingerprint density at radius 3 is 2.50 bits per heavy atom. The van der Waals surface area contributed by atoms with E-state index in [1.807, 2.05) is 12.1 Å². The lowest BCUT2D eigenvalue weighted by Gasteiger charge is -2.34. The third kappa shape index (κ3) is 4.07. The topological polar surface area (TPSA) is 41.1 Å². The van der Waals surface area contributed by atoms with Crippen LogP contribution < -0.4 is 10.6 Å². The van der Waals surface area contributed by atoms with Crippen LogP contribution in [0, 0.1) is 5.41 Å². The molecule has 2 rings (SSSR count). The van der Waals surface area contributed by atoms with Crippen molar-refractivity contribution in [2.24, 2.45) is 5.41 Å². The van der Waals surface area contributed by atoms with Gasteiger partial charge in [0.05, 0.1) is 0 Å². The molecular formula is C17H26N2O. The number of benzene rings is 1. The number of hydrogen-bond acceptors (Lipinski definition) is 2. The Balaban J connectivity index is 1.87. The molecule has 3 nitrogen and oxygen atoms in total. The SMILES string of the molecule is CCCc1ccc(C(=O)NCC2(C)CCNCC2)cc1. The second-order valence-electron chi connectivity index (χ2n) is 6.19. The van der Waals surface area contributed by atoms with Gasteiger partial charge in [0, 0.05) is 12.1 Å². The molecule has 1 aliphatic rings. The quantitative estimate of drug-likeness (QED) is 0.867. The van der Waals surface area contributed by atoms with E-state index in [9.17, 15) is 4.79 Å². The van der Waals surface area contributed by atoms with Crippen LogP contribution in [0.4, 0.5) is 0 Å². The largest absolute Gasteiger partial charge is 0.351 e. The van der Waals surface area contributed by atoms with Crippen LogP contribution in [0.25, 0.3) is 0 Å². The molecule has 0 radical (unpaired) electrons. The first kappa shape index (κ1) is 15.0. The maximum absolute atomic E-state index is 12.2. The molecule has 0 unspecified atom stereocenters. The van der Waals surface area contributed by atoms with Crippen LogP contribution >= 0.6 is 0 Å². The molecule has 0 saturated carbocycles. The molecule has 0 bridgehead atoms. The minimum absolute atomic E-state index is 0.0489. The molecule has 0 aliphatic carbocycles. The first-order valence-electron chi connectivity index (χ1n) is 7.71. The van der Waals surface area contributed by atoms with E-state index in [0.29, 0.717) is 0 Å². The van der Waals surface area contributed by atoms with Gasteiger partial charge in [-0.2, -0.15) is 0 Å². The van der Waals surface area contributed by atoms with Crippen molar-refractivity contribution in [1.29, 1.82) is 0 Å². The van der Waals surface area contributed by atoms with Gasteiger partial charge in [0.1, 0.15) is 0 Å². The minimum Gasteiger partial charge on any atom is -0.351 e. The van der Waals surface area contributed by atoms with Crippen LogP contribution in [-0.4, -0.2) is 25.5 Å². The zero-order valence-corrected chi connectivity index (χ0v) is 12.7. The lowest BCUT2D eigenvalue weighted by molar-refractivity contribution is 0.0922. The van der Waals surface area contributed by atoms with Gasteiger partial charge >= 0.3 is 0 Å². The van der Waals surface area contributed by atoms with E-state index in [1.165, 1.54) is 5.56 Å². The van der Waals surface area contributed by atoms with E-state index in [0.717, 1.165) is 50.9 Å². The second-order valence-corrected chi connectivity index (χ2v) is 6.19. The van der Waals surface area contributed by atoms with Crippen molar-refractivity contribution < 1.29 is 4.79 Å². The van der Waals surface area contributed by atoms with Gasteiger partial charge in [0.2, 0.25) is 0 Å². The van der Waals surface area contributed by atoms with Crippen molar-refractivity contribution in [3.63, 3.8) is 0 Å². The van der Waals surface area contributed by atoms with Crippen LogP contribution in [0.5, 0.6) is 0 Å². The first-order valence-corrected chi connectivity index (χ1v) is 7.71. The maximum Gasteiger partial charge on any atom is 0.251 e. The van der Waals surface area contributed by atoms with Crippen LogP contribution in [0.15, 0.2) is 24.3 Å². The monoisotopic (exact) mass is 274 g/mol. The number of hydrogen-bond donors (Lipinski definition) is 2. The summed E-state index contributed by atoms with van der Waals surface area (Å²) < 4.78 is 0. The third-order valence-electron chi connectivity index (χ3n) is 4.24. The van der Waals surface area contributed by atoms with E-state index in [1.54, 1.807) is 0 Å². The number of piperidine rings is 1. The van der Waals surface area contributed by atoms with Crippen molar-refractivity contribution in [2.45, 2.75) is 39.5 Å². The van der Waals surface area contributed by atoms with Gasteiger partial charge < -0.3 is 10.6 Å². The lowest BCUT2D eigenvalue weighted by atomic mass is 9.81. The fraction of sp³-hybridized carbons (Fsp3) is 0.588. The van der Waals surface area contributed by atoms with Crippen molar-refractivity contribution in [2.75, 3.05) is 19.6 Å². The molecular weight excluding hydrogens is 248 g/mol. The maximum atomic E-state index is 12.2. The molecule has 1 aromatic carbocycles. The average Bonchev–Trinajstić information content (AvgIpc) is 2.47. The smallest absolute Gasteiger partial charge is 0.251 e. The number of aryl methyl sites for hydroxylation is 1.